The summed E-state index contributed by atoms with van der Waals surface area (Å²) in [5, 5.41) is 5.33. The van der Waals surface area contributed by atoms with Gasteiger partial charge >= 0.3 is 0 Å². The number of fused-ring (bicyclic) bond motifs is 1. The van der Waals surface area contributed by atoms with Crippen molar-refractivity contribution >= 4 is 35.2 Å². The van der Waals surface area contributed by atoms with E-state index < -0.39 is 29.7 Å². The number of amides is 5. The van der Waals surface area contributed by atoms with Gasteiger partial charge in [0.05, 0.1) is 44.0 Å². The number of piperidine rings is 1. The van der Waals surface area contributed by atoms with Crippen LogP contribution in [0.1, 0.15) is 51.1 Å². The Hall–Kier alpha value is -4.13. The zero-order valence-electron chi connectivity index (χ0n) is 25.0. The van der Waals surface area contributed by atoms with Crippen molar-refractivity contribution in [1.29, 1.82) is 0 Å². The highest BCUT2D eigenvalue weighted by atomic mass is 16.5. The van der Waals surface area contributed by atoms with Crippen LogP contribution >= 0.6 is 0 Å². The summed E-state index contributed by atoms with van der Waals surface area (Å²) in [6, 6.07) is 12.5. The van der Waals surface area contributed by atoms with Crippen LogP contribution in [-0.2, 0) is 30.4 Å². The van der Waals surface area contributed by atoms with Crippen LogP contribution in [0.2, 0.25) is 0 Å². The molecule has 5 rings (SSSR count). The minimum absolute atomic E-state index is 0.0684. The smallest absolute Gasteiger partial charge is 0.264 e. The molecule has 44 heavy (non-hydrogen) atoms. The highest BCUT2D eigenvalue weighted by molar-refractivity contribution is 6.25. The van der Waals surface area contributed by atoms with E-state index in [-0.39, 0.29) is 29.9 Å². The highest BCUT2D eigenvalue weighted by Crippen LogP contribution is 2.32. The SMILES string of the molecule is Cc1ccc(CN2CCN(C(=O)CCOCCOCCNc3cccc4c3C(=O)N(C3CCC(=O)NC3=O)C4=O)CC2)cc1. The molecule has 1 unspecified atom stereocenters. The van der Waals surface area contributed by atoms with Gasteiger partial charge < -0.3 is 19.7 Å². The van der Waals surface area contributed by atoms with E-state index in [1.807, 2.05) is 4.90 Å². The van der Waals surface area contributed by atoms with E-state index in [1.165, 1.54) is 11.1 Å². The Morgan fingerprint density at radius 3 is 2.36 bits per heavy atom. The molecular weight excluding hydrogens is 566 g/mol. The van der Waals surface area contributed by atoms with Crippen LogP contribution in [-0.4, -0.2) is 109 Å². The third-order valence-corrected chi connectivity index (χ3v) is 8.11. The molecule has 234 valence electrons. The van der Waals surface area contributed by atoms with Crippen LogP contribution < -0.4 is 10.6 Å². The van der Waals surface area contributed by atoms with Crippen LogP contribution in [0.4, 0.5) is 5.69 Å². The maximum absolute atomic E-state index is 13.2. The Morgan fingerprint density at radius 2 is 1.64 bits per heavy atom. The molecule has 0 radical (unpaired) electrons. The van der Waals surface area contributed by atoms with Gasteiger partial charge in [-0.05, 0) is 31.0 Å². The molecule has 0 bridgehead atoms. The molecule has 2 saturated heterocycles. The lowest BCUT2D eigenvalue weighted by atomic mass is 10.0. The minimum Gasteiger partial charge on any atom is -0.382 e. The molecular formula is C32H39N5O7. The molecule has 12 heteroatoms. The van der Waals surface area contributed by atoms with Gasteiger partial charge in [-0.25, -0.2) is 0 Å². The zero-order valence-corrected chi connectivity index (χ0v) is 25.0. The average Bonchev–Trinajstić information content (AvgIpc) is 3.27. The van der Waals surface area contributed by atoms with Crippen molar-refractivity contribution in [2.45, 2.75) is 38.8 Å². The maximum atomic E-state index is 13.2. The van der Waals surface area contributed by atoms with E-state index >= 15 is 0 Å². The summed E-state index contributed by atoms with van der Waals surface area (Å²) >= 11 is 0. The molecule has 0 saturated carbocycles. The number of benzene rings is 2. The summed E-state index contributed by atoms with van der Waals surface area (Å²) in [7, 11) is 0. The number of hydrogen-bond donors (Lipinski definition) is 2. The van der Waals surface area contributed by atoms with E-state index in [9.17, 15) is 24.0 Å². The second kappa shape index (κ2) is 14.6. The lowest BCUT2D eigenvalue weighted by Gasteiger charge is -2.34. The predicted molar refractivity (Wildman–Crippen MR) is 161 cm³/mol. The van der Waals surface area contributed by atoms with Gasteiger partial charge in [0, 0.05) is 51.4 Å². The normalized spacial score (nSPS) is 18.9. The van der Waals surface area contributed by atoms with Crippen molar-refractivity contribution in [2.75, 3.05) is 64.5 Å². The van der Waals surface area contributed by atoms with Crippen LogP contribution in [0.25, 0.3) is 0 Å². The Labute approximate surface area is 256 Å². The molecule has 0 aliphatic carbocycles. The van der Waals surface area contributed by atoms with Gasteiger partial charge in [0.2, 0.25) is 17.7 Å². The first-order valence-electron chi connectivity index (χ1n) is 15.1. The number of carbonyl (C=O) groups is 5. The Bertz CT molecular complexity index is 1390. The molecule has 2 fully saturated rings. The van der Waals surface area contributed by atoms with E-state index in [4.69, 9.17) is 9.47 Å². The highest BCUT2D eigenvalue weighted by Gasteiger charge is 2.45. The number of rotatable bonds is 13. The molecule has 2 N–H and O–H groups in total. The lowest BCUT2D eigenvalue weighted by Crippen LogP contribution is -2.54. The van der Waals surface area contributed by atoms with E-state index in [0.717, 1.165) is 37.6 Å². The van der Waals surface area contributed by atoms with Gasteiger partial charge in [0.25, 0.3) is 11.8 Å². The Kier molecular flexibility index (Phi) is 10.4. The summed E-state index contributed by atoms with van der Waals surface area (Å²) in [4.78, 5) is 67.7. The first-order valence-corrected chi connectivity index (χ1v) is 15.1. The van der Waals surface area contributed by atoms with Crippen LogP contribution in [0.15, 0.2) is 42.5 Å². The fourth-order valence-electron chi connectivity index (χ4n) is 5.67. The zero-order chi connectivity index (χ0) is 31.1. The van der Waals surface area contributed by atoms with Crippen LogP contribution in [0, 0.1) is 6.92 Å². The largest absolute Gasteiger partial charge is 0.382 e. The standard InChI is InChI=1S/C32H39N5O7/c1-22-5-7-23(8-6-22)21-35-13-15-36(16-14-35)28(39)11-17-43-19-20-44-18-12-33-25-4-2-3-24-29(25)32(42)37(31(24)41)26-9-10-27(38)34-30(26)40/h2-8,26,33H,9-21H2,1H3,(H,34,38,40). The van der Waals surface area contributed by atoms with Gasteiger partial charge in [-0.3, -0.25) is 39.1 Å². The maximum Gasteiger partial charge on any atom is 0.264 e. The number of anilines is 1. The van der Waals surface area contributed by atoms with E-state index in [2.05, 4.69) is 46.7 Å². The predicted octanol–water partition coefficient (Wildman–Crippen LogP) is 1.58. The third kappa shape index (κ3) is 7.50. The first kappa shape index (κ1) is 31.3. The molecule has 3 aliphatic rings. The second-order valence-electron chi connectivity index (χ2n) is 11.2. The number of hydrogen-bond acceptors (Lipinski definition) is 9. The van der Waals surface area contributed by atoms with E-state index in [0.29, 0.717) is 45.1 Å². The summed E-state index contributed by atoms with van der Waals surface area (Å²) in [6.07, 6.45) is 0.509. The number of carbonyl (C=O) groups excluding carboxylic acids is 5. The minimum atomic E-state index is -1.01. The van der Waals surface area contributed by atoms with Gasteiger partial charge in [0.1, 0.15) is 6.04 Å². The molecule has 5 amide bonds. The van der Waals surface area contributed by atoms with Crippen molar-refractivity contribution < 1.29 is 33.4 Å². The summed E-state index contributed by atoms with van der Waals surface area (Å²) in [5.74, 6) is -2.06. The molecule has 2 aromatic carbocycles. The summed E-state index contributed by atoms with van der Waals surface area (Å²) in [5.41, 5.74) is 3.45. The summed E-state index contributed by atoms with van der Waals surface area (Å²) < 4.78 is 11.2. The van der Waals surface area contributed by atoms with E-state index in [1.54, 1.807) is 18.2 Å². The lowest BCUT2D eigenvalue weighted by molar-refractivity contribution is -0.136. The molecule has 0 spiro atoms. The molecule has 0 aromatic heterocycles. The quantitative estimate of drug-likeness (QED) is 0.258. The summed E-state index contributed by atoms with van der Waals surface area (Å²) in [6.45, 7) is 7.89. The van der Waals surface area contributed by atoms with Crippen LogP contribution in [0.3, 0.4) is 0 Å². The number of nitrogens with zero attached hydrogens (tertiary/aromatic N) is 3. The molecule has 2 aromatic rings. The van der Waals surface area contributed by atoms with Crippen molar-refractivity contribution in [3.8, 4) is 0 Å². The average molecular weight is 606 g/mol. The van der Waals surface area contributed by atoms with Crippen molar-refractivity contribution in [3.05, 3.63) is 64.7 Å². The molecule has 1 atom stereocenters. The van der Waals surface area contributed by atoms with Crippen molar-refractivity contribution in [2.24, 2.45) is 0 Å². The van der Waals surface area contributed by atoms with Crippen molar-refractivity contribution in [3.63, 3.8) is 0 Å². The monoisotopic (exact) mass is 605 g/mol. The second-order valence-corrected chi connectivity index (χ2v) is 11.2. The third-order valence-electron chi connectivity index (χ3n) is 8.11. The Balaban J connectivity index is 0.948. The van der Waals surface area contributed by atoms with Crippen LogP contribution in [0.5, 0.6) is 0 Å². The van der Waals surface area contributed by atoms with Gasteiger partial charge in [0.15, 0.2) is 0 Å². The van der Waals surface area contributed by atoms with Crippen molar-refractivity contribution in [1.82, 2.24) is 20.0 Å². The number of aryl methyl sites for hydroxylation is 1. The molecule has 3 heterocycles. The number of ether oxygens (including phenoxy) is 2. The fraction of sp³-hybridized carbons (Fsp3) is 0.469. The topological polar surface area (TPSA) is 138 Å². The number of imide groups is 2. The Morgan fingerprint density at radius 1 is 0.909 bits per heavy atom. The van der Waals surface area contributed by atoms with Gasteiger partial charge in [-0.15, -0.1) is 0 Å². The fourth-order valence-corrected chi connectivity index (χ4v) is 5.67. The molecule has 12 nitrogen and oxygen atoms in total. The number of piperazine rings is 1. The van der Waals surface area contributed by atoms with Gasteiger partial charge in [-0.2, -0.15) is 0 Å². The van der Waals surface area contributed by atoms with Gasteiger partial charge in [-0.1, -0.05) is 35.9 Å². The molecule has 3 aliphatic heterocycles. The first-order chi connectivity index (χ1) is 21.3. The number of nitrogens with one attached hydrogen (secondary N) is 2.